The lowest BCUT2D eigenvalue weighted by molar-refractivity contribution is -0.137. The van der Waals surface area contributed by atoms with Crippen LogP contribution in [0.1, 0.15) is 103 Å². The number of pyridine rings is 1. The minimum Gasteiger partial charge on any atom is -0.481 e. The van der Waals surface area contributed by atoms with Crippen LogP contribution in [-0.4, -0.2) is 34.6 Å². The Bertz CT molecular complexity index is 1040. The molecule has 202 valence electrons. The number of carbonyl (C=O) groups excluding carboxylic acids is 1. The fourth-order valence-electron chi connectivity index (χ4n) is 3.76. The number of hydrogen-bond acceptors (Lipinski definition) is 4. The van der Waals surface area contributed by atoms with Gasteiger partial charge in [-0.05, 0) is 50.2 Å². The van der Waals surface area contributed by atoms with Gasteiger partial charge >= 0.3 is 5.97 Å². The van der Waals surface area contributed by atoms with E-state index in [-0.39, 0.29) is 36.4 Å². The summed E-state index contributed by atoms with van der Waals surface area (Å²) in [6.45, 7) is 13.2. The Labute approximate surface area is 214 Å². The van der Waals surface area contributed by atoms with E-state index < -0.39 is 23.1 Å². The van der Waals surface area contributed by atoms with Crippen LogP contribution in [0.25, 0.3) is 10.9 Å². The molecule has 2 aromatic rings. The van der Waals surface area contributed by atoms with Gasteiger partial charge in [-0.2, -0.15) is 0 Å². The lowest BCUT2D eigenvalue weighted by Gasteiger charge is -2.22. The summed E-state index contributed by atoms with van der Waals surface area (Å²) in [6.07, 6.45) is 6.86. The van der Waals surface area contributed by atoms with Gasteiger partial charge in [0.2, 0.25) is 5.43 Å². The van der Waals surface area contributed by atoms with Crippen molar-refractivity contribution >= 4 is 28.5 Å². The zero-order chi connectivity index (χ0) is 27.3. The molecule has 1 fully saturated rings. The molecule has 7 nitrogen and oxygen atoms in total. The predicted molar refractivity (Wildman–Crippen MR) is 146 cm³/mol. The molecular weight excluding hydrogens is 461 g/mol. The van der Waals surface area contributed by atoms with Crippen molar-refractivity contribution in [1.29, 1.82) is 0 Å². The van der Waals surface area contributed by atoms with Crippen LogP contribution in [0, 0.1) is 11.7 Å². The van der Waals surface area contributed by atoms with Gasteiger partial charge in [-0.3, -0.25) is 14.4 Å². The number of nitrogens with one attached hydrogen (secondary N) is 2. The first-order chi connectivity index (χ1) is 17.3. The van der Waals surface area contributed by atoms with Gasteiger partial charge < -0.3 is 20.3 Å². The van der Waals surface area contributed by atoms with E-state index in [0.29, 0.717) is 23.7 Å². The molecule has 1 aliphatic rings. The molecule has 0 unspecified atom stereocenters. The molecule has 0 bridgehead atoms. The van der Waals surface area contributed by atoms with Crippen LogP contribution in [0.2, 0.25) is 0 Å². The summed E-state index contributed by atoms with van der Waals surface area (Å²) in [4.78, 5) is 36.4. The number of benzene rings is 1. The van der Waals surface area contributed by atoms with Crippen molar-refractivity contribution in [1.82, 2.24) is 9.88 Å². The van der Waals surface area contributed by atoms with Gasteiger partial charge in [-0.25, -0.2) is 4.39 Å². The molecule has 0 aliphatic heterocycles. The van der Waals surface area contributed by atoms with E-state index in [4.69, 9.17) is 5.11 Å². The highest BCUT2D eigenvalue weighted by atomic mass is 19.1. The Morgan fingerprint density at radius 2 is 1.75 bits per heavy atom. The SMILES string of the molecule is CC.CCC.CCC(CC)n1cc(C(=O)NCCCC(=O)O)c(=O)c2cc(F)c(NCC3CC3)cc21. The normalized spacial score (nSPS) is 12.3. The van der Waals surface area contributed by atoms with Crippen molar-refractivity contribution in [2.24, 2.45) is 5.92 Å². The number of aromatic nitrogens is 1. The van der Waals surface area contributed by atoms with E-state index in [1.165, 1.54) is 12.5 Å². The van der Waals surface area contributed by atoms with Crippen molar-refractivity contribution in [3.05, 3.63) is 39.9 Å². The van der Waals surface area contributed by atoms with Gasteiger partial charge in [0.15, 0.2) is 0 Å². The number of anilines is 1. The molecule has 1 amide bonds. The van der Waals surface area contributed by atoms with E-state index in [9.17, 15) is 18.8 Å². The number of aliphatic carboxylic acids is 1. The van der Waals surface area contributed by atoms with Crippen LogP contribution >= 0.6 is 0 Å². The Morgan fingerprint density at radius 3 is 2.28 bits per heavy atom. The Kier molecular flexibility index (Phi) is 13.8. The fraction of sp³-hybridized carbons (Fsp3) is 0.607. The maximum atomic E-state index is 14.8. The summed E-state index contributed by atoms with van der Waals surface area (Å²) in [7, 11) is 0. The fourth-order valence-corrected chi connectivity index (χ4v) is 3.76. The first kappa shape index (κ1) is 31.1. The third-order valence-corrected chi connectivity index (χ3v) is 5.83. The predicted octanol–water partition coefficient (Wildman–Crippen LogP) is 6.36. The van der Waals surface area contributed by atoms with Crippen LogP contribution in [-0.2, 0) is 4.79 Å². The van der Waals surface area contributed by atoms with Crippen LogP contribution in [0.3, 0.4) is 0 Å². The molecule has 1 aliphatic carbocycles. The molecule has 36 heavy (non-hydrogen) atoms. The maximum Gasteiger partial charge on any atom is 0.303 e. The van der Waals surface area contributed by atoms with Gasteiger partial charge in [0.1, 0.15) is 11.4 Å². The van der Waals surface area contributed by atoms with E-state index >= 15 is 0 Å². The molecule has 0 saturated heterocycles. The number of hydrogen-bond donors (Lipinski definition) is 3. The molecule has 1 saturated carbocycles. The second kappa shape index (κ2) is 16.0. The van der Waals surface area contributed by atoms with E-state index in [1.54, 1.807) is 12.3 Å². The quantitative estimate of drug-likeness (QED) is 0.309. The monoisotopic (exact) mass is 505 g/mol. The number of carbonyl (C=O) groups is 2. The molecule has 8 heteroatoms. The molecule has 3 N–H and O–H groups in total. The summed E-state index contributed by atoms with van der Waals surface area (Å²) in [5.41, 5.74) is 0.374. The number of carboxylic acids is 1. The average Bonchev–Trinajstić information content (AvgIpc) is 3.69. The van der Waals surface area contributed by atoms with Crippen LogP contribution in [0.5, 0.6) is 0 Å². The first-order valence-corrected chi connectivity index (χ1v) is 13.4. The smallest absolute Gasteiger partial charge is 0.303 e. The van der Waals surface area contributed by atoms with Crippen LogP contribution in [0.4, 0.5) is 10.1 Å². The first-order valence-electron chi connectivity index (χ1n) is 13.4. The van der Waals surface area contributed by atoms with Crippen molar-refractivity contribution in [2.45, 2.75) is 92.5 Å². The second-order valence-corrected chi connectivity index (χ2v) is 8.88. The van der Waals surface area contributed by atoms with Gasteiger partial charge in [0.25, 0.3) is 5.91 Å². The van der Waals surface area contributed by atoms with Crippen molar-refractivity contribution in [3.63, 3.8) is 0 Å². The van der Waals surface area contributed by atoms with Gasteiger partial charge in [0.05, 0.1) is 11.2 Å². The van der Waals surface area contributed by atoms with E-state index in [2.05, 4.69) is 24.5 Å². The highest BCUT2D eigenvalue weighted by molar-refractivity contribution is 5.97. The summed E-state index contributed by atoms with van der Waals surface area (Å²) in [5, 5.41) is 14.6. The number of amides is 1. The lowest BCUT2D eigenvalue weighted by Crippen LogP contribution is -2.31. The molecule has 1 aromatic heterocycles. The van der Waals surface area contributed by atoms with Crippen LogP contribution < -0.4 is 16.1 Å². The number of halogens is 1. The summed E-state index contributed by atoms with van der Waals surface area (Å²) < 4.78 is 16.7. The van der Waals surface area contributed by atoms with Crippen molar-refractivity contribution in [2.75, 3.05) is 18.4 Å². The highest BCUT2D eigenvalue weighted by Gasteiger charge is 2.23. The zero-order valence-corrected chi connectivity index (χ0v) is 22.7. The molecular formula is C28H44FN3O4. The second-order valence-electron chi connectivity index (χ2n) is 8.88. The molecule has 1 heterocycles. The molecule has 0 spiro atoms. The third kappa shape index (κ3) is 8.95. The van der Waals surface area contributed by atoms with Crippen LogP contribution in [0.15, 0.2) is 23.1 Å². The standard InChI is InChI=1S/C23H30FN3O4.C3H8.C2H6/c1-3-15(4-2)27-13-17(23(31)25-9-5-6-21(28)29)22(30)16-10-18(24)19(11-20(16)27)26-12-14-7-8-14;1-3-2;1-2/h10-11,13-15,26H,3-9,12H2,1-2H3,(H,25,31)(H,28,29);3H2,1-2H3;1-2H3. The highest BCUT2D eigenvalue weighted by Crippen LogP contribution is 2.31. The van der Waals surface area contributed by atoms with E-state index in [1.807, 2.05) is 32.3 Å². The molecule has 3 rings (SSSR count). The topological polar surface area (TPSA) is 100 Å². The minimum absolute atomic E-state index is 0.0448. The largest absolute Gasteiger partial charge is 0.481 e. The van der Waals surface area contributed by atoms with Gasteiger partial charge in [-0.15, -0.1) is 0 Å². The lowest BCUT2D eigenvalue weighted by atomic mass is 10.1. The van der Waals surface area contributed by atoms with E-state index in [0.717, 1.165) is 25.7 Å². The maximum absolute atomic E-state index is 14.8. The molecule has 0 atom stereocenters. The van der Waals surface area contributed by atoms with Gasteiger partial charge in [-0.1, -0.05) is 48.0 Å². The number of rotatable bonds is 11. The Balaban J connectivity index is 0.00000120. The summed E-state index contributed by atoms with van der Waals surface area (Å²) in [5.74, 6) is -1.46. The Morgan fingerprint density at radius 1 is 1.14 bits per heavy atom. The molecule has 0 radical (unpaired) electrons. The number of nitrogens with zero attached hydrogens (tertiary/aromatic N) is 1. The molecule has 1 aromatic carbocycles. The third-order valence-electron chi connectivity index (χ3n) is 5.83. The number of fused-ring (bicyclic) bond motifs is 1. The van der Waals surface area contributed by atoms with Crippen molar-refractivity contribution in [3.8, 4) is 0 Å². The zero-order valence-electron chi connectivity index (χ0n) is 22.7. The van der Waals surface area contributed by atoms with Gasteiger partial charge in [0, 0.05) is 37.1 Å². The minimum atomic E-state index is -0.947. The Hall–Kier alpha value is -2.90. The summed E-state index contributed by atoms with van der Waals surface area (Å²) in [6, 6.07) is 2.93. The average molecular weight is 506 g/mol. The number of carboxylic acid groups (broad SMARTS) is 1. The summed E-state index contributed by atoms with van der Waals surface area (Å²) >= 11 is 0. The van der Waals surface area contributed by atoms with Crippen molar-refractivity contribution < 1.29 is 19.1 Å².